The Morgan fingerprint density at radius 1 is 1.29 bits per heavy atom. The third-order valence-corrected chi connectivity index (χ3v) is 2.73. The van der Waals surface area contributed by atoms with Gasteiger partial charge in [0.05, 0.1) is 23.6 Å². The van der Waals surface area contributed by atoms with Crippen molar-refractivity contribution in [1.29, 1.82) is 0 Å². The summed E-state index contributed by atoms with van der Waals surface area (Å²) in [7, 11) is 0. The fraction of sp³-hybridized carbons (Fsp3) is 0.417. The van der Waals surface area contributed by atoms with Crippen LogP contribution in [-0.4, -0.2) is 19.9 Å². The van der Waals surface area contributed by atoms with E-state index in [-0.39, 0.29) is 0 Å². The normalized spacial score (nSPS) is 14.5. The molecule has 0 aliphatic carbocycles. The third kappa shape index (κ3) is 2.50. The highest BCUT2D eigenvalue weighted by molar-refractivity contribution is 5.51. The van der Waals surface area contributed by atoms with Gasteiger partial charge >= 0.3 is 0 Å². The lowest BCUT2D eigenvalue weighted by molar-refractivity contribution is 0.423. The van der Waals surface area contributed by atoms with Crippen molar-refractivity contribution in [1.82, 2.24) is 19.9 Å². The summed E-state index contributed by atoms with van der Waals surface area (Å²) in [6, 6.07) is 0. The van der Waals surface area contributed by atoms with Gasteiger partial charge in [-0.25, -0.2) is 4.98 Å². The zero-order valence-corrected chi connectivity index (χ0v) is 10.1. The summed E-state index contributed by atoms with van der Waals surface area (Å²) in [4.78, 5) is 15.8. The predicted molar refractivity (Wildman–Crippen MR) is 66.1 cm³/mol. The second-order valence-corrected chi connectivity index (χ2v) is 4.40. The van der Waals surface area contributed by atoms with E-state index in [0.29, 0.717) is 0 Å². The fourth-order valence-corrected chi connectivity index (χ4v) is 1.82. The lowest BCUT2D eigenvalue weighted by Crippen LogP contribution is -2.34. The number of nitrogens with zero attached hydrogens (tertiary/aromatic N) is 3. The molecular weight excluding hydrogens is 214 g/mol. The Kier molecular flexibility index (Phi) is 3.19. The van der Waals surface area contributed by atoms with Crippen LogP contribution < -0.4 is 5.73 Å². The molecule has 0 bridgehead atoms. The molecule has 0 aliphatic rings. The summed E-state index contributed by atoms with van der Waals surface area (Å²) in [5.74, 6) is 0.792. The molecule has 2 heterocycles. The van der Waals surface area contributed by atoms with Crippen LogP contribution in [0.4, 0.5) is 0 Å². The molecule has 2 aromatic rings. The molecule has 2 aromatic heterocycles. The molecule has 3 N–H and O–H groups in total. The number of nitrogens with two attached hydrogens (primary N) is 1. The number of aromatic nitrogens is 4. The van der Waals surface area contributed by atoms with Crippen LogP contribution in [0.15, 0.2) is 24.8 Å². The van der Waals surface area contributed by atoms with Crippen molar-refractivity contribution in [3.63, 3.8) is 0 Å². The summed E-state index contributed by atoms with van der Waals surface area (Å²) in [5, 5.41) is 0. The van der Waals surface area contributed by atoms with Gasteiger partial charge in [0.1, 0.15) is 11.5 Å². The van der Waals surface area contributed by atoms with Crippen molar-refractivity contribution in [2.24, 2.45) is 5.73 Å². The molecule has 0 saturated heterocycles. The number of nitrogens with one attached hydrogen (secondary N) is 1. The van der Waals surface area contributed by atoms with Gasteiger partial charge in [-0.3, -0.25) is 9.97 Å². The molecule has 5 nitrogen and oxygen atoms in total. The second kappa shape index (κ2) is 4.63. The minimum absolute atomic E-state index is 0.421. The van der Waals surface area contributed by atoms with E-state index in [2.05, 4.69) is 26.9 Å². The molecule has 1 unspecified atom stereocenters. The van der Waals surface area contributed by atoms with E-state index in [1.807, 2.05) is 6.92 Å². The molecule has 1 atom stereocenters. The maximum absolute atomic E-state index is 6.21. The van der Waals surface area contributed by atoms with Gasteiger partial charge in [-0.2, -0.15) is 0 Å². The Morgan fingerprint density at radius 2 is 2.12 bits per heavy atom. The van der Waals surface area contributed by atoms with Crippen molar-refractivity contribution >= 4 is 0 Å². The quantitative estimate of drug-likeness (QED) is 0.841. The Bertz CT molecular complexity index is 475. The van der Waals surface area contributed by atoms with E-state index in [1.54, 1.807) is 24.8 Å². The van der Waals surface area contributed by atoms with Gasteiger partial charge in [-0.05, 0) is 13.3 Å². The van der Waals surface area contributed by atoms with Crippen molar-refractivity contribution < 1.29 is 0 Å². The van der Waals surface area contributed by atoms with Gasteiger partial charge in [-0.1, -0.05) is 13.3 Å². The number of rotatable bonds is 4. The van der Waals surface area contributed by atoms with Gasteiger partial charge in [0.15, 0.2) is 0 Å². The maximum Gasteiger partial charge on any atom is 0.126 e. The molecule has 5 heteroatoms. The van der Waals surface area contributed by atoms with E-state index in [0.717, 1.165) is 30.1 Å². The van der Waals surface area contributed by atoms with E-state index >= 15 is 0 Å². The highest BCUT2D eigenvalue weighted by Gasteiger charge is 2.23. The predicted octanol–water partition coefficient (Wildman–Crippen LogP) is 1.84. The van der Waals surface area contributed by atoms with Crippen LogP contribution in [0.2, 0.25) is 0 Å². The van der Waals surface area contributed by atoms with Crippen molar-refractivity contribution in [2.75, 3.05) is 0 Å². The average Bonchev–Trinajstić information content (AvgIpc) is 2.80. The molecule has 0 aromatic carbocycles. The standard InChI is InChI=1S/C12H17N5/c1-3-4-12(2,13)11-16-8-10(17-11)9-7-14-5-6-15-9/h5-8H,3-4,13H2,1-2H3,(H,16,17). The maximum atomic E-state index is 6.21. The molecule has 0 fully saturated rings. The minimum Gasteiger partial charge on any atom is -0.339 e. The van der Waals surface area contributed by atoms with Crippen LogP contribution in [0.5, 0.6) is 0 Å². The number of hydrogen-bond acceptors (Lipinski definition) is 4. The minimum atomic E-state index is -0.421. The van der Waals surface area contributed by atoms with Crippen molar-refractivity contribution in [2.45, 2.75) is 32.2 Å². The fourth-order valence-electron chi connectivity index (χ4n) is 1.82. The first kappa shape index (κ1) is 11.7. The summed E-state index contributed by atoms with van der Waals surface area (Å²) >= 11 is 0. The SMILES string of the molecule is CCCC(C)(N)c1ncc(-c2cnccn2)[nH]1. The highest BCUT2D eigenvalue weighted by atomic mass is 15.0. The van der Waals surface area contributed by atoms with Crippen molar-refractivity contribution in [3.8, 4) is 11.4 Å². The van der Waals surface area contributed by atoms with E-state index in [9.17, 15) is 0 Å². The first-order chi connectivity index (χ1) is 8.13. The molecular formula is C12H17N5. The zero-order chi connectivity index (χ0) is 12.3. The summed E-state index contributed by atoms with van der Waals surface area (Å²) in [5.41, 5.74) is 7.41. The van der Waals surface area contributed by atoms with Gasteiger partial charge in [0.2, 0.25) is 0 Å². The van der Waals surface area contributed by atoms with Crippen LogP contribution in [0.3, 0.4) is 0 Å². The largest absolute Gasteiger partial charge is 0.339 e. The number of aromatic amines is 1. The molecule has 0 aliphatic heterocycles. The van der Waals surface area contributed by atoms with Crippen LogP contribution in [-0.2, 0) is 5.54 Å². The molecule has 2 rings (SSSR count). The zero-order valence-electron chi connectivity index (χ0n) is 10.1. The molecule has 0 spiro atoms. The molecule has 90 valence electrons. The third-order valence-electron chi connectivity index (χ3n) is 2.73. The van der Waals surface area contributed by atoms with Crippen LogP contribution in [0, 0.1) is 0 Å². The van der Waals surface area contributed by atoms with Gasteiger partial charge < -0.3 is 10.7 Å². The Labute approximate surface area is 101 Å². The second-order valence-electron chi connectivity index (χ2n) is 4.40. The van der Waals surface area contributed by atoms with E-state index in [1.165, 1.54) is 0 Å². The van der Waals surface area contributed by atoms with Gasteiger partial charge in [-0.15, -0.1) is 0 Å². The summed E-state index contributed by atoms with van der Waals surface area (Å²) in [6.07, 6.45) is 8.66. The summed E-state index contributed by atoms with van der Waals surface area (Å²) < 4.78 is 0. The molecule has 0 amide bonds. The number of hydrogen-bond donors (Lipinski definition) is 2. The van der Waals surface area contributed by atoms with Crippen LogP contribution in [0.1, 0.15) is 32.5 Å². The molecule has 0 radical (unpaired) electrons. The Balaban J connectivity index is 2.28. The van der Waals surface area contributed by atoms with Crippen LogP contribution >= 0.6 is 0 Å². The lowest BCUT2D eigenvalue weighted by Gasteiger charge is -2.20. The highest BCUT2D eigenvalue weighted by Crippen LogP contribution is 2.22. The average molecular weight is 231 g/mol. The van der Waals surface area contributed by atoms with E-state index in [4.69, 9.17) is 5.73 Å². The lowest BCUT2D eigenvalue weighted by atomic mass is 9.97. The van der Waals surface area contributed by atoms with Crippen molar-refractivity contribution in [3.05, 3.63) is 30.6 Å². The first-order valence-electron chi connectivity index (χ1n) is 5.74. The van der Waals surface area contributed by atoms with Gasteiger partial charge in [0.25, 0.3) is 0 Å². The summed E-state index contributed by atoms with van der Waals surface area (Å²) in [6.45, 7) is 4.09. The van der Waals surface area contributed by atoms with Gasteiger partial charge in [0, 0.05) is 12.4 Å². The monoisotopic (exact) mass is 231 g/mol. The molecule has 17 heavy (non-hydrogen) atoms. The Hall–Kier alpha value is -1.75. The smallest absolute Gasteiger partial charge is 0.126 e. The molecule has 0 saturated carbocycles. The number of H-pyrrole nitrogens is 1. The topological polar surface area (TPSA) is 80.5 Å². The number of imidazole rings is 1. The van der Waals surface area contributed by atoms with Crippen LogP contribution in [0.25, 0.3) is 11.4 Å². The first-order valence-corrected chi connectivity index (χ1v) is 5.74. The van der Waals surface area contributed by atoms with E-state index < -0.39 is 5.54 Å². The Morgan fingerprint density at radius 3 is 2.76 bits per heavy atom.